The van der Waals surface area contributed by atoms with Gasteiger partial charge in [0.25, 0.3) is 0 Å². The zero-order valence-corrected chi connectivity index (χ0v) is 23.1. The van der Waals surface area contributed by atoms with Crippen molar-refractivity contribution >= 4 is 5.91 Å². The van der Waals surface area contributed by atoms with Crippen molar-refractivity contribution in [3.05, 3.63) is 39.4 Å². The number of piperazine rings is 1. The normalized spacial score (nSPS) is 27.0. The van der Waals surface area contributed by atoms with Crippen molar-refractivity contribution in [2.75, 3.05) is 27.5 Å². The lowest BCUT2D eigenvalue weighted by Crippen LogP contribution is -2.69. The smallest absolute Gasteiger partial charge is 0.231 e. The Morgan fingerprint density at radius 2 is 1.87 bits per heavy atom. The molecule has 6 rings (SSSR count). The van der Waals surface area contributed by atoms with E-state index < -0.39 is 12.3 Å². The minimum atomic E-state index is -0.864. The lowest BCUT2D eigenvalue weighted by molar-refractivity contribution is -0.172. The van der Waals surface area contributed by atoms with Crippen molar-refractivity contribution in [1.29, 1.82) is 0 Å². The molecule has 4 N–H and O–H groups in total. The molecule has 1 fully saturated rings. The highest BCUT2D eigenvalue weighted by atomic mass is 16.7. The van der Waals surface area contributed by atoms with Gasteiger partial charge in [0.05, 0.1) is 25.2 Å². The second kappa shape index (κ2) is 9.46. The largest absolute Gasteiger partial charge is 0.507 e. The molecule has 4 aliphatic rings. The van der Waals surface area contributed by atoms with E-state index in [4.69, 9.17) is 14.2 Å². The highest BCUT2D eigenvalue weighted by molar-refractivity contribution is 5.76. The van der Waals surface area contributed by atoms with E-state index in [-0.39, 0.29) is 48.9 Å². The molecule has 0 radical (unpaired) electrons. The summed E-state index contributed by atoms with van der Waals surface area (Å²) in [5.74, 6) is 1.69. The topological polar surface area (TPSA) is 124 Å². The van der Waals surface area contributed by atoms with Gasteiger partial charge in [0.15, 0.2) is 23.0 Å². The van der Waals surface area contributed by atoms with E-state index in [1.807, 2.05) is 27.0 Å². The monoisotopic (exact) mass is 539 g/mol. The zero-order chi connectivity index (χ0) is 27.7. The summed E-state index contributed by atoms with van der Waals surface area (Å²) >= 11 is 0. The van der Waals surface area contributed by atoms with Crippen LogP contribution in [0.2, 0.25) is 0 Å². The minimum Gasteiger partial charge on any atom is -0.507 e. The number of hydrogen-bond acceptors (Lipinski definition) is 9. The Balaban J connectivity index is 1.54. The van der Waals surface area contributed by atoms with Gasteiger partial charge in [-0.2, -0.15) is 0 Å². The molecule has 0 aliphatic carbocycles. The highest BCUT2D eigenvalue weighted by Gasteiger charge is 2.56. The van der Waals surface area contributed by atoms with Crippen LogP contribution in [0.3, 0.4) is 0 Å². The second-order valence-electron chi connectivity index (χ2n) is 11.2. The fourth-order valence-electron chi connectivity index (χ4n) is 7.38. The number of hydrogen-bond donors (Lipinski definition) is 4. The Hall–Kier alpha value is -3.21. The summed E-state index contributed by atoms with van der Waals surface area (Å²) in [5, 5.41) is 37.9. The first-order chi connectivity index (χ1) is 18.7. The Bertz CT molecular complexity index is 1350. The predicted octanol–water partition coefficient (Wildman–Crippen LogP) is 2.57. The maximum atomic E-state index is 12.6. The number of carbonyl (C=O) groups excluding carboxylic acids is 1. The van der Waals surface area contributed by atoms with Gasteiger partial charge in [-0.15, -0.1) is 0 Å². The summed E-state index contributed by atoms with van der Waals surface area (Å²) in [6, 6.07) is 0.716. The number of nitrogens with one attached hydrogen (secondary N) is 1. The molecule has 2 aromatic rings. The quantitative estimate of drug-likeness (QED) is 0.454. The van der Waals surface area contributed by atoms with Crippen LogP contribution in [0.25, 0.3) is 0 Å². The third kappa shape index (κ3) is 3.68. The number of phenols is 2. The first-order valence-electron chi connectivity index (χ1n) is 13.7. The van der Waals surface area contributed by atoms with Crippen LogP contribution in [0.15, 0.2) is 6.07 Å². The third-order valence-corrected chi connectivity index (χ3v) is 9.09. The number of ether oxygens (including phenoxy) is 3. The molecule has 2 aromatic carbocycles. The number of rotatable bonds is 5. The lowest BCUT2D eigenvalue weighted by atomic mass is 9.73. The van der Waals surface area contributed by atoms with E-state index in [2.05, 4.69) is 15.1 Å². The Morgan fingerprint density at radius 1 is 1.13 bits per heavy atom. The van der Waals surface area contributed by atoms with Gasteiger partial charge in [-0.3, -0.25) is 14.6 Å². The van der Waals surface area contributed by atoms with Gasteiger partial charge in [-0.1, -0.05) is 13.0 Å². The summed E-state index contributed by atoms with van der Waals surface area (Å²) in [5.41, 5.74) is 4.68. The van der Waals surface area contributed by atoms with Crippen LogP contribution in [0, 0.1) is 13.8 Å². The van der Waals surface area contributed by atoms with E-state index in [0.29, 0.717) is 42.1 Å². The van der Waals surface area contributed by atoms with Crippen LogP contribution in [0.1, 0.15) is 65.2 Å². The van der Waals surface area contributed by atoms with Crippen LogP contribution >= 0.6 is 0 Å². The number of aromatic hydroxyl groups is 2. The van der Waals surface area contributed by atoms with Crippen molar-refractivity contribution in [2.45, 2.75) is 76.8 Å². The fourth-order valence-corrected chi connectivity index (χ4v) is 7.38. The van der Waals surface area contributed by atoms with Crippen LogP contribution in [0.4, 0.5) is 0 Å². The first kappa shape index (κ1) is 26.0. The molecule has 2 unspecified atom stereocenters. The number of amides is 1. The van der Waals surface area contributed by atoms with Gasteiger partial charge >= 0.3 is 0 Å². The van der Waals surface area contributed by atoms with Crippen molar-refractivity contribution in [2.24, 2.45) is 0 Å². The molecular weight excluding hydrogens is 502 g/mol. The summed E-state index contributed by atoms with van der Waals surface area (Å²) in [6.45, 7) is 5.94. The number of nitrogens with zero attached hydrogens (tertiary/aromatic N) is 2. The van der Waals surface area contributed by atoms with E-state index in [1.54, 1.807) is 14.0 Å². The van der Waals surface area contributed by atoms with Crippen molar-refractivity contribution < 1.29 is 34.3 Å². The number of carbonyl (C=O) groups is 1. The summed E-state index contributed by atoms with van der Waals surface area (Å²) in [6.07, 6.45) is 1.21. The number of aliphatic hydroxyl groups excluding tert-OH is 1. The molecule has 39 heavy (non-hydrogen) atoms. The highest BCUT2D eigenvalue weighted by Crippen LogP contribution is 2.57. The number of aliphatic hydroxyl groups is 1. The molecule has 210 valence electrons. The molecule has 10 nitrogen and oxygen atoms in total. The average Bonchev–Trinajstić information content (AvgIpc) is 3.39. The molecule has 0 spiro atoms. The van der Waals surface area contributed by atoms with Gasteiger partial charge in [0.1, 0.15) is 12.0 Å². The molecule has 4 heterocycles. The molecule has 2 bridgehead atoms. The van der Waals surface area contributed by atoms with Gasteiger partial charge in [0, 0.05) is 41.3 Å². The van der Waals surface area contributed by atoms with Gasteiger partial charge < -0.3 is 34.8 Å². The van der Waals surface area contributed by atoms with E-state index in [9.17, 15) is 20.1 Å². The number of methoxy groups -OCH3 is 1. The molecule has 0 saturated carbocycles. The number of aryl methyl sites for hydroxylation is 1. The van der Waals surface area contributed by atoms with Crippen LogP contribution in [-0.2, 0) is 17.6 Å². The Morgan fingerprint density at radius 3 is 2.59 bits per heavy atom. The zero-order valence-electron chi connectivity index (χ0n) is 23.1. The van der Waals surface area contributed by atoms with E-state index in [0.717, 1.165) is 34.2 Å². The summed E-state index contributed by atoms with van der Waals surface area (Å²) in [4.78, 5) is 16.8. The van der Waals surface area contributed by atoms with E-state index in [1.165, 1.54) is 0 Å². The van der Waals surface area contributed by atoms with Gasteiger partial charge in [0.2, 0.25) is 12.7 Å². The Kier molecular flexibility index (Phi) is 6.32. The van der Waals surface area contributed by atoms with E-state index >= 15 is 0 Å². The van der Waals surface area contributed by atoms with Crippen LogP contribution < -0.4 is 19.5 Å². The molecule has 5 atom stereocenters. The Labute approximate surface area is 228 Å². The molecular formula is C29H37N3O7. The van der Waals surface area contributed by atoms with Crippen LogP contribution in [0.5, 0.6) is 28.7 Å². The van der Waals surface area contributed by atoms with Crippen molar-refractivity contribution in [1.82, 2.24) is 15.1 Å². The van der Waals surface area contributed by atoms with Crippen LogP contribution in [-0.4, -0.2) is 76.8 Å². The first-order valence-corrected chi connectivity index (χ1v) is 13.7. The van der Waals surface area contributed by atoms with Crippen molar-refractivity contribution in [3.8, 4) is 28.7 Å². The SMILES string of the molecule is CCCC(=O)NC[C@H]1c2c(c(O)c(C)c3c2OCO3)CC2[C@H]3c4c(cc(C)c(OC)c4O)C[C@@H](C(O)N21)N3C. The third-order valence-electron chi connectivity index (χ3n) is 9.09. The summed E-state index contributed by atoms with van der Waals surface area (Å²) < 4.78 is 17.3. The lowest BCUT2D eigenvalue weighted by Gasteiger charge is -2.60. The maximum Gasteiger partial charge on any atom is 0.231 e. The fraction of sp³-hybridized carbons (Fsp3) is 0.552. The molecule has 4 aliphatic heterocycles. The predicted molar refractivity (Wildman–Crippen MR) is 142 cm³/mol. The minimum absolute atomic E-state index is 0.0430. The van der Waals surface area contributed by atoms with Gasteiger partial charge in [-0.25, -0.2) is 0 Å². The van der Waals surface area contributed by atoms with Gasteiger partial charge in [-0.05, 0) is 51.3 Å². The average molecular weight is 540 g/mol. The van der Waals surface area contributed by atoms with Crippen molar-refractivity contribution in [3.63, 3.8) is 0 Å². The second-order valence-corrected chi connectivity index (χ2v) is 11.2. The molecule has 1 amide bonds. The number of phenolic OH excluding ortho intramolecular Hbond substituents is 2. The standard InChI is InChI=1S/C29H37N3O7/c1-6-7-20(33)30-11-19-22-16(24(34)14(3)27-28(22)39-12-38-27)10-17-23-21-15(8-13(2)26(37-5)25(21)35)9-18(31(23)4)29(36)32(17)19/h8,17-19,23,29,34-36H,6-7,9-12H2,1-5H3,(H,30,33)/t17?,18-,19-,23-,29?/m0/s1. The maximum absolute atomic E-state index is 12.6. The molecule has 1 saturated heterocycles. The molecule has 0 aromatic heterocycles. The number of fused-ring (bicyclic) bond motifs is 9. The number of benzene rings is 2. The number of likely N-dealkylation sites (N-methyl/N-ethyl adjacent to an activating group) is 1. The summed E-state index contributed by atoms with van der Waals surface area (Å²) in [7, 11) is 3.53. The molecule has 10 heteroatoms.